The first-order chi connectivity index (χ1) is 13.0. The summed E-state index contributed by atoms with van der Waals surface area (Å²) in [7, 11) is -3.59. The maximum Gasteiger partial charge on any atom is 0.271 e. The summed E-state index contributed by atoms with van der Waals surface area (Å²) in [5.41, 5.74) is 2.09. The first-order valence-electron chi connectivity index (χ1n) is 8.17. The highest BCUT2D eigenvalue weighted by Crippen LogP contribution is 2.26. The number of nitrogens with one attached hydrogen (secondary N) is 2. The van der Waals surface area contributed by atoms with Crippen molar-refractivity contribution in [2.45, 2.75) is 11.1 Å². The molecular formula is C19H16N4O2S2. The fourth-order valence-corrected chi connectivity index (χ4v) is 4.96. The molecule has 0 radical (unpaired) electrons. The highest BCUT2D eigenvalue weighted by molar-refractivity contribution is 7.94. The van der Waals surface area contributed by atoms with Crippen LogP contribution in [0.1, 0.15) is 4.88 Å². The van der Waals surface area contributed by atoms with Crippen LogP contribution in [0.2, 0.25) is 0 Å². The Kier molecular flexibility index (Phi) is 4.51. The van der Waals surface area contributed by atoms with Gasteiger partial charge in [0.2, 0.25) is 0 Å². The average Bonchev–Trinajstić information content (AvgIpc) is 3.11. The van der Waals surface area contributed by atoms with E-state index >= 15 is 0 Å². The van der Waals surface area contributed by atoms with Gasteiger partial charge in [-0.15, -0.1) is 11.3 Å². The largest absolute Gasteiger partial charge is 0.338 e. The minimum absolute atomic E-state index is 0.282. The number of anilines is 3. The summed E-state index contributed by atoms with van der Waals surface area (Å²) in [5, 5.41) is 4.25. The van der Waals surface area contributed by atoms with Gasteiger partial charge in [-0.3, -0.25) is 9.71 Å². The van der Waals surface area contributed by atoms with Gasteiger partial charge < -0.3 is 5.32 Å². The molecule has 0 aliphatic heterocycles. The molecule has 2 N–H and O–H groups in total. The Morgan fingerprint density at radius 3 is 2.56 bits per heavy atom. The summed E-state index contributed by atoms with van der Waals surface area (Å²) in [6, 6.07) is 16.5. The zero-order chi connectivity index (χ0) is 18.9. The Bertz CT molecular complexity index is 1200. The molecule has 0 fully saturated rings. The van der Waals surface area contributed by atoms with Gasteiger partial charge in [-0.05, 0) is 43.3 Å². The molecule has 27 heavy (non-hydrogen) atoms. The van der Waals surface area contributed by atoms with Crippen LogP contribution in [0.15, 0.2) is 71.2 Å². The summed E-state index contributed by atoms with van der Waals surface area (Å²) in [6.07, 6.45) is 3.23. The van der Waals surface area contributed by atoms with Crippen molar-refractivity contribution in [2.24, 2.45) is 0 Å². The number of para-hydroxylation sites is 1. The number of aryl methyl sites for hydroxylation is 1. The van der Waals surface area contributed by atoms with Gasteiger partial charge in [0.1, 0.15) is 10.0 Å². The van der Waals surface area contributed by atoms with Crippen LogP contribution in [0.5, 0.6) is 0 Å². The van der Waals surface area contributed by atoms with Crippen molar-refractivity contribution in [2.75, 3.05) is 10.0 Å². The Labute approximate surface area is 161 Å². The number of hydrogen-bond acceptors (Lipinski definition) is 6. The summed E-state index contributed by atoms with van der Waals surface area (Å²) >= 11 is 1.23. The lowest BCUT2D eigenvalue weighted by atomic mass is 10.2. The van der Waals surface area contributed by atoms with E-state index in [4.69, 9.17) is 0 Å². The molecule has 6 nitrogen and oxygen atoms in total. The molecule has 0 aliphatic carbocycles. The van der Waals surface area contributed by atoms with Gasteiger partial charge in [-0.1, -0.05) is 18.2 Å². The maximum absolute atomic E-state index is 12.4. The smallest absolute Gasteiger partial charge is 0.271 e. The van der Waals surface area contributed by atoms with Gasteiger partial charge in [0, 0.05) is 16.5 Å². The lowest BCUT2D eigenvalue weighted by Crippen LogP contribution is -2.11. The third kappa shape index (κ3) is 3.76. The lowest BCUT2D eigenvalue weighted by molar-refractivity contribution is 0.603. The SMILES string of the molecule is Cc1ccc(S(=O)(=O)Nc2ccc(Nc3cccc4cccnc34)nc2)s1. The Morgan fingerprint density at radius 1 is 0.963 bits per heavy atom. The summed E-state index contributed by atoms with van der Waals surface area (Å²) < 4.78 is 27.6. The van der Waals surface area contributed by atoms with Crippen molar-refractivity contribution in [3.05, 3.63) is 71.9 Å². The molecule has 0 saturated heterocycles. The third-order valence-corrected chi connectivity index (χ3v) is 6.77. The van der Waals surface area contributed by atoms with Crippen LogP contribution in [-0.4, -0.2) is 18.4 Å². The summed E-state index contributed by atoms with van der Waals surface area (Å²) in [6.45, 7) is 1.87. The molecule has 0 aliphatic rings. The van der Waals surface area contributed by atoms with E-state index in [-0.39, 0.29) is 4.21 Å². The zero-order valence-electron chi connectivity index (χ0n) is 14.4. The molecule has 136 valence electrons. The van der Waals surface area contributed by atoms with Crippen LogP contribution in [0.4, 0.5) is 17.2 Å². The highest BCUT2D eigenvalue weighted by Gasteiger charge is 2.16. The molecule has 4 rings (SSSR count). The first kappa shape index (κ1) is 17.4. The molecule has 4 aromatic rings. The number of fused-ring (bicyclic) bond motifs is 1. The number of pyridine rings is 2. The molecule has 0 saturated carbocycles. The van der Waals surface area contributed by atoms with Crippen LogP contribution in [0, 0.1) is 6.92 Å². The molecule has 0 atom stereocenters. The van der Waals surface area contributed by atoms with Crippen molar-refractivity contribution in [3.63, 3.8) is 0 Å². The monoisotopic (exact) mass is 396 g/mol. The number of rotatable bonds is 5. The van der Waals surface area contributed by atoms with Gasteiger partial charge >= 0.3 is 0 Å². The van der Waals surface area contributed by atoms with E-state index in [0.717, 1.165) is 21.5 Å². The van der Waals surface area contributed by atoms with E-state index in [1.165, 1.54) is 17.5 Å². The van der Waals surface area contributed by atoms with E-state index in [0.29, 0.717) is 11.5 Å². The van der Waals surface area contributed by atoms with Crippen molar-refractivity contribution >= 4 is 49.5 Å². The van der Waals surface area contributed by atoms with Gasteiger partial charge in [-0.25, -0.2) is 13.4 Å². The van der Waals surface area contributed by atoms with Gasteiger partial charge in [-0.2, -0.15) is 0 Å². The second-order valence-corrected chi connectivity index (χ2v) is 9.11. The minimum atomic E-state index is -3.59. The second kappa shape index (κ2) is 6.98. The van der Waals surface area contributed by atoms with Crippen molar-refractivity contribution in [1.82, 2.24) is 9.97 Å². The highest BCUT2D eigenvalue weighted by atomic mass is 32.2. The predicted molar refractivity (Wildman–Crippen MR) is 109 cm³/mol. The maximum atomic E-state index is 12.4. The van der Waals surface area contributed by atoms with E-state index in [1.807, 2.05) is 37.3 Å². The Balaban J connectivity index is 1.54. The number of benzene rings is 1. The Morgan fingerprint density at radius 2 is 1.81 bits per heavy atom. The average molecular weight is 396 g/mol. The van der Waals surface area contributed by atoms with Crippen molar-refractivity contribution < 1.29 is 8.42 Å². The molecule has 1 aromatic carbocycles. The van der Waals surface area contributed by atoms with Crippen LogP contribution in [-0.2, 0) is 10.0 Å². The molecule has 0 spiro atoms. The van der Waals surface area contributed by atoms with E-state index < -0.39 is 10.0 Å². The third-order valence-electron chi connectivity index (χ3n) is 3.89. The summed E-state index contributed by atoms with van der Waals surface area (Å²) in [5.74, 6) is 0.600. The van der Waals surface area contributed by atoms with Crippen LogP contribution < -0.4 is 10.0 Å². The Hall–Kier alpha value is -2.97. The predicted octanol–water partition coefficient (Wildman–Crippen LogP) is 4.54. The van der Waals surface area contributed by atoms with Crippen LogP contribution in [0.3, 0.4) is 0 Å². The van der Waals surface area contributed by atoms with Crippen molar-refractivity contribution in [3.8, 4) is 0 Å². The number of thiophene rings is 1. The minimum Gasteiger partial charge on any atom is -0.338 e. The molecule has 0 unspecified atom stereocenters. The van der Waals surface area contributed by atoms with Crippen LogP contribution in [0.25, 0.3) is 10.9 Å². The van der Waals surface area contributed by atoms with Gasteiger partial charge in [0.15, 0.2) is 0 Å². The number of sulfonamides is 1. The van der Waals surface area contributed by atoms with E-state index in [2.05, 4.69) is 20.0 Å². The molecule has 3 heterocycles. The molecule has 0 amide bonds. The number of aromatic nitrogens is 2. The first-order valence-corrected chi connectivity index (χ1v) is 10.5. The fraction of sp³-hybridized carbons (Fsp3) is 0.0526. The summed E-state index contributed by atoms with van der Waals surface area (Å²) in [4.78, 5) is 9.64. The quantitative estimate of drug-likeness (QED) is 0.517. The van der Waals surface area contributed by atoms with Gasteiger partial charge in [0.25, 0.3) is 10.0 Å². The fourth-order valence-electron chi connectivity index (χ4n) is 2.63. The van der Waals surface area contributed by atoms with Gasteiger partial charge in [0.05, 0.1) is 23.1 Å². The standard InChI is InChI=1S/C19H16N4O2S2/c1-13-7-10-18(26-13)27(24,25)23-15-8-9-17(21-12-15)22-16-6-2-4-14-5-3-11-20-19(14)16/h2-12,23H,1H3,(H,21,22). The normalized spacial score (nSPS) is 11.4. The number of nitrogens with zero attached hydrogens (tertiary/aromatic N) is 2. The van der Waals surface area contributed by atoms with Crippen molar-refractivity contribution in [1.29, 1.82) is 0 Å². The second-order valence-electron chi connectivity index (χ2n) is 5.91. The lowest BCUT2D eigenvalue weighted by Gasteiger charge is -2.10. The van der Waals surface area contributed by atoms with Crippen LogP contribution >= 0.6 is 11.3 Å². The zero-order valence-corrected chi connectivity index (χ0v) is 16.0. The van der Waals surface area contributed by atoms with E-state index in [9.17, 15) is 8.42 Å². The molecule has 0 bridgehead atoms. The number of hydrogen-bond donors (Lipinski definition) is 2. The molecule has 3 aromatic heterocycles. The molecule has 8 heteroatoms. The topological polar surface area (TPSA) is 84.0 Å². The molecular weight excluding hydrogens is 380 g/mol. The van der Waals surface area contributed by atoms with E-state index in [1.54, 1.807) is 30.5 Å².